The third-order valence-electron chi connectivity index (χ3n) is 4.40. The zero-order valence-electron chi connectivity index (χ0n) is 16.9. The first-order valence-corrected chi connectivity index (χ1v) is 9.43. The Balaban J connectivity index is 2.09. The van der Waals surface area contributed by atoms with Gasteiger partial charge >= 0.3 is 18.8 Å². The highest BCUT2D eigenvalue weighted by Gasteiger charge is 2.41. The fourth-order valence-corrected chi connectivity index (χ4v) is 3.20. The standard InChI is InChI=1S/C21H28N2O5/c1-6-26-19(24)18-13-23(20(25)28-21(2,3)4)12-16(18)11-15-7-9-17(10-8-15)27-14-22-5/h7-10,16,18H,6,11-14H2,1-4H3/t16-,18+/m1/s1. The van der Waals surface area contributed by atoms with E-state index in [4.69, 9.17) is 20.8 Å². The molecule has 1 aliphatic rings. The van der Waals surface area contributed by atoms with Crippen molar-refractivity contribution in [1.82, 2.24) is 4.90 Å². The van der Waals surface area contributed by atoms with Crippen molar-refractivity contribution >= 4 is 12.1 Å². The van der Waals surface area contributed by atoms with E-state index in [1.165, 1.54) is 0 Å². The van der Waals surface area contributed by atoms with Crippen LogP contribution in [0.4, 0.5) is 4.79 Å². The molecule has 1 fully saturated rings. The van der Waals surface area contributed by atoms with Gasteiger partial charge in [0.15, 0.2) is 0 Å². The van der Waals surface area contributed by atoms with Crippen LogP contribution in [0.15, 0.2) is 24.3 Å². The van der Waals surface area contributed by atoms with Crippen LogP contribution in [0.5, 0.6) is 5.75 Å². The molecule has 0 aliphatic carbocycles. The molecule has 2 rings (SSSR count). The third-order valence-corrected chi connectivity index (χ3v) is 4.40. The summed E-state index contributed by atoms with van der Waals surface area (Å²) in [6, 6.07) is 7.44. The number of likely N-dealkylation sites (tertiary alicyclic amines) is 1. The van der Waals surface area contributed by atoms with Gasteiger partial charge in [-0.25, -0.2) is 11.4 Å². The summed E-state index contributed by atoms with van der Waals surface area (Å²) in [5.74, 6) is -0.0915. The number of carbonyl (C=O) groups excluding carboxylic acids is 2. The molecule has 152 valence electrons. The smallest absolute Gasteiger partial charge is 0.410 e. The number of nitrogens with zero attached hydrogens (tertiary/aromatic N) is 2. The van der Waals surface area contributed by atoms with Gasteiger partial charge in [0.05, 0.1) is 12.5 Å². The average molecular weight is 388 g/mol. The Hall–Kier alpha value is -2.75. The first-order chi connectivity index (χ1) is 13.2. The fraction of sp³-hybridized carbons (Fsp3) is 0.571. The maximum Gasteiger partial charge on any atom is 0.410 e. The third kappa shape index (κ3) is 6.15. The number of rotatable bonds is 6. The summed E-state index contributed by atoms with van der Waals surface area (Å²) in [7, 11) is 0. The summed E-state index contributed by atoms with van der Waals surface area (Å²) in [5, 5.41) is 0. The van der Waals surface area contributed by atoms with Crippen LogP contribution in [0.25, 0.3) is 4.85 Å². The van der Waals surface area contributed by atoms with Gasteiger partial charge in [-0.1, -0.05) is 12.1 Å². The van der Waals surface area contributed by atoms with Crippen LogP contribution in [0.3, 0.4) is 0 Å². The molecule has 7 heteroatoms. The summed E-state index contributed by atoms with van der Waals surface area (Å²) in [5.41, 5.74) is 0.441. The van der Waals surface area contributed by atoms with Crippen molar-refractivity contribution < 1.29 is 23.8 Å². The van der Waals surface area contributed by atoms with Crippen LogP contribution in [-0.4, -0.2) is 49.0 Å². The Morgan fingerprint density at radius 2 is 1.89 bits per heavy atom. The van der Waals surface area contributed by atoms with Crippen LogP contribution < -0.4 is 4.74 Å². The van der Waals surface area contributed by atoms with Crippen molar-refractivity contribution in [3.8, 4) is 5.75 Å². The summed E-state index contributed by atoms with van der Waals surface area (Å²) in [6.45, 7) is 15.0. The molecule has 2 atom stereocenters. The van der Waals surface area contributed by atoms with Crippen molar-refractivity contribution in [3.05, 3.63) is 41.2 Å². The Morgan fingerprint density at radius 1 is 1.21 bits per heavy atom. The molecule has 7 nitrogen and oxygen atoms in total. The average Bonchev–Trinajstić information content (AvgIpc) is 3.04. The number of amides is 1. The van der Waals surface area contributed by atoms with Crippen LogP contribution in [-0.2, 0) is 20.7 Å². The predicted molar refractivity (Wildman–Crippen MR) is 104 cm³/mol. The molecule has 1 aromatic rings. The zero-order valence-corrected chi connectivity index (χ0v) is 16.9. The Kier molecular flexibility index (Phi) is 7.27. The van der Waals surface area contributed by atoms with E-state index in [0.29, 0.717) is 31.9 Å². The van der Waals surface area contributed by atoms with E-state index in [-0.39, 0.29) is 24.5 Å². The molecule has 1 heterocycles. The second kappa shape index (κ2) is 9.45. The van der Waals surface area contributed by atoms with Gasteiger partial charge in [0.1, 0.15) is 11.4 Å². The Labute approximate surface area is 166 Å². The lowest BCUT2D eigenvalue weighted by Crippen LogP contribution is -2.36. The number of esters is 1. The van der Waals surface area contributed by atoms with Crippen molar-refractivity contribution in [1.29, 1.82) is 0 Å². The Bertz CT molecular complexity index is 718. The predicted octanol–water partition coefficient (Wildman–Crippen LogP) is 3.53. The maximum atomic E-state index is 12.4. The van der Waals surface area contributed by atoms with Crippen LogP contribution in [0, 0.1) is 18.4 Å². The molecule has 0 saturated carbocycles. The minimum absolute atomic E-state index is 0.0161. The lowest BCUT2D eigenvalue weighted by atomic mass is 9.90. The van der Waals surface area contributed by atoms with Gasteiger partial charge in [-0.15, -0.1) is 0 Å². The van der Waals surface area contributed by atoms with Gasteiger partial charge < -0.3 is 19.1 Å². The molecular formula is C21H28N2O5. The van der Waals surface area contributed by atoms with E-state index in [0.717, 1.165) is 5.56 Å². The van der Waals surface area contributed by atoms with E-state index in [2.05, 4.69) is 4.85 Å². The van der Waals surface area contributed by atoms with Crippen LogP contribution >= 0.6 is 0 Å². The van der Waals surface area contributed by atoms with Crippen LogP contribution in [0.1, 0.15) is 33.3 Å². The molecule has 1 aromatic carbocycles. The number of hydrogen-bond donors (Lipinski definition) is 0. The minimum atomic E-state index is -0.588. The summed E-state index contributed by atoms with van der Waals surface area (Å²) in [6.07, 6.45) is 0.221. The SMILES string of the molecule is [C-]#[N+]COc1ccc(C[C@@H]2CN(C(=O)OC(C)(C)C)C[C@@H]2C(=O)OCC)cc1. The van der Waals surface area contributed by atoms with Gasteiger partial charge in [-0.2, -0.15) is 0 Å². The molecule has 28 heavy (non-hydrogen) atoms. The van der Waals surface area contributed by atoms with E-state index in [9.17, 15) is 9.59 Å². The Morgan fingerprint density at radius 3 is 2.46 bits per heavy atom. The number of ether oxygens (including phenoxy) is 3. The van der Waals surface area contributed by atoms with Crippen molar-refractivity contribution in [3.63, 3.8) is 0 Å². The second-order valence-corrected chi connectivity index (χ2v) is 7.78. The van der Waals surface area contributed by atoms with Gasteiger partial charge in [-0.05, 0) is 57.7 Å². The molecule has 0 radical (unpaired) electrons. The molecule has 1 amide bonds. The monoisotopic (exact) mass is 388 g/mol. The maximum absolute atomic E-state index is 12.4. The van der Waals surface area contributed by atoms with Gasteiger partial charge in [-0.3, -0.25) is 9.64 Å². The van der Waals surface area contributed by atoms with Gasteiger partial charge in [0.2, 0.25) is 0 Å². The number of hydrogen-bond acceptors (Lipinski definition) is 5. The fourth-order valence-electron chi connectivity index (χ4n) is 3.20. The topological polar surface area (TPSA) is 69.4 Å². The second-order valence-electron chi connectivity index (χ2n) is 7.78. The quantitative estimate of drug-likeness (QED) is 0.551. The zero-order chi connectivity index (χ0) is 20.7. The molecule has 0 aromatic heterocycles. The lowest BCUT2D eigenvalue weighted by Gasteiger charge is -2.24. The molecule has 1 aliphatic heterocycles. The molecule has 0 unspecified atom stereocenters. The van der Waals surface area contributed by atoms with Gasteiger partial charge in [0.25, 0.3) is 0 Å². The van der Waals surface area contributed by atoms with Crippen molar-refractivity contribution in [2.24, 2.45) is 11.8 Å². The molecule has 1 saturated heterocycles. The normalized spacial score (nSPS) is 19.0. The molecule has 0 spiro atoms. The molecular weight excluding hydrogens is 360 g/mol. The highest BCUT2D eigenvalue weighted by molar-refractivity contribution is 5.76. The minimum Gasteiger partial charge on any atom is -0.466 e. The lowest BCUT2D eigenvalue weighted by molar-refractivity contribution is -0.148. The van der Waals surface area contributed by atoms with Crippen LogP contribution in [0.2, 0.25) is 0 Å². The highest BCUT2D eigenvalue weighted by Crippen LogP contribution is 2.30. The molecule has 0 N–H and O–H groups in total. The van der Waals surface area contributed by atoms with Gasteiger partial charge in [0, 0.05) is 13.1 Å². The largest absolute Gasteiger partial charge is 0.466 e. The number of benzene rings is 1. The van der Waals surface area contributed by atoms with E-state index >= 15 is 0 Å². The molecule has 0 bridgehead atoms. The first-order valence-electron chi connectivity index (χ1n) is 9.43. The summed E-state index contributed by atoms with van der Waals surface area (Å²) < 4.78 is 15.9. The van der Waals surface area contributed by atoms with Crippen molar-refractivity contribution in [2.75, 3.05) is 26.4 Å². The van der Waals surface area contributed by atoms with E-state index in [1.807, 2.05) is 32.9 Å². The van der Waals surface area contributed by atoms with Crippen molar-refractivity contribution in [2.45, 2.75) is 39.7 Å². The number of carbonyl (C=O) groups is 2. The first kappa shape index (κ1) is 21.5. The summed E-state index contributed by atoms with van der Waals surface area (Å²) in [4.78, 5) is 29.6. The summed E-state index contributed by atoms with van der Waals surface area (Å²) >= 11 is 0. The highest BCUT2D eigenvalue weighted by atomic mass is 16.6. The van der Waals surface area contributed by atoms with E-state index < -0.39 is 11.7 Å². The van der Waals surface area contributed by atoms with E-state index in [1.54, 1.807) is 24.0 Å².